The first-order valence-corrected chi connectivity index (χ1v) is 7.75. The molecule has 1 atom stereocenters. The van der Waals surface area contributed by atoms with Gasteiger partial charge in [-0.05, 0) is 64.0 Å². The first-order valence-electron chi connectivity index (χ1n) is 7.75. The molecule has 1 unspecified atom stereocenters. The molecule has 0 aliphatic carbocycles. The van der Waals surface area contributed by atoms with Gasteiger partial charge in [0.25, 0.3) is 0 Å². The van der Waals surface area contributed by atoms with Crippen LogP contribution < -0.4 is 9.47 Å². The highest BCUT2D eigenvalue weighted by Gasteiger charge is 2.17. The third kappa shape index (κ3) is 5.21. The minimum absolute atomic E-state index is 0.229. The summed E-state index contributed by atoms with van der Waals surface area (Å²) in [6.45, 7) is 2.56. The fourth-order valence-electron chi connectivity index (χ4n) is 2.55. The molecule has 1 heterocycles. The Hall–Kier alpha value is -1.26. The lowest BCUT2D eigenvalue weighted by molar-refractivity contribution is 0.0669. The van der Waals surface area contributed by atoms with E-state index in [0.29, 0.717) is 6.61 Å². The SMILES string of the molecule is COc1ccc(CCCN(C)C)cc1OCC1CCCO1. The van der Waals surface area contributed by atoms with Crippen LogP contribution in [0.1, 0.15) is 24.8 Å². The van der Waals surface area contributed by atoms with Crippen LogP contribution >= 0.6 is 0 Å². The second-order valence-corrected chi connectivity index (χ2v) is 5.84. The highest BCUT2D eigenvalue weighted by atomic mass is 16.5. The van der Waals surface area contributed by atoms with Crippen molar-refractivity contribution in [1.29, 1.82) is 0 Å². The van der Waals surface area contributed by atoms with Crippen molar-refractivity contribution in [2.24, 2.45) is 0 Å². The lowest BCUT2D eigenvalue weighted by Crippen LogP contribution is -2.16. The van der Waals surface area contributed by atoms with E-state index in [9.17, 15) is 0 Å². The average molecular weight is 293 g/mol. The van der Waals surface area contributed by atoms with Crippen LogP contribution in [0.3, 0.4) is 0 Å². The van der Waals surface area contributed by atoms with Gasteiger partial charge in [0.05, 0.1) is 13.2 Å². The van der Waals surface area contributed by atoms with Crippen molar-refractivity contribution in [2.45, 2.75) is 31.8 Å². The Morgan fingerprint density at radius 1 is 1.29 bits per heavy atom. The Kier molecular flexibility index (Phi) is 6.33. The first-order chi connectivity index (χ1) is 10.2. The first kappa shape index (κ1) is 16.1. The number of benzene rings is 1. The summed E-state index contributed by atoms with van der Waals surface area (Å²) < 4.78 is 16.9. The smallest absolute Gasteiger partial charge is 0.161 e. The van der Waals surface area contributed by atoms with Gasteiger partial charge in [-0.1, -0.05) is 6.07 Å². The zero-order chi connectivity index (χ0) is 15.1. The molecule has 0 radical (unpaired) electrons. The fourth-order valence-corrected chi connectivity index (χ4v) is 2.55. The van der Waals surface area contributed by atoms with Gasteiger partial charge in [-0.25, -0.2) is 0 Å². The van der Waals surface area contributed by atoms with E-state index in [1.54, 1.807) is 7.11 Å². The van der Waals surface area contributed by atoms with Gasteiger partial charge >= 0.3 is 0 Å². The molecule has 21 heavy (non-hydrogen) atoms. The van der Waals surface area contributed by atoms with Gasteiger partial charge in [-0.3, -0.25) is 0 Å². The molecule has 0 spiro atoms. The minimum atomic E-state index is 0.229. The number of nitrogens with zero attached hydrogens (tertiary/aromatic N) is 1. The second-order valence-electron chi connectivity index (χ2n) is 5.84. The molecule has 1 aliphatic heterocycles. The summed E-state index contributed by atoms with van der Waals surface area (Å²) in [5.74, 6) is 1.62. The third-order valence-corrected chi connectivity index (χ3v) is 3.75. The lowest BCUT2D eigenvalue weighted by atomic mass is 10.1. The quantitative estimate of drug-likeness (QED) is 0.737. The molecule has 4 heteroatoms. The van der Waals surface area contributed by atoms with Gasteiger partial charge in [0, 0.05) is 6.61 Å². The molecular weight excluding hydrogens is 266 g/mol. The normalized spacial score (nSPS) is 18.2. The van der Waals surface area contributed by atoms with Gasteiger partial charge in [-0.2, -0.15) is 0 Å². The molecule has 1 aromatic rings. The molecule has 0 bridgehead atoms. The molecule has 0 N–H and O–H groups in total. The number of ether oxygens (including phenoxy) is 3. The van der Waals surface area contributed by atoms with E-state index in [2.05, 4.69) is 31.1 Å². The topological polar surface area (TPSA) is 30.9 Å². The molecule has 0 amide bonds. The van der Waals surface area contributed by atoms with Crippen molar-refractivity contribution in [3.8, 4) is 11.5 Å². The van der Waals surface area contributed by atoms with Gasteiger partial charge in [-0.15, -0.1) is 0 Å². The van der Waals surface area contributed by atoms with Crippen molar-refractivity contribution in [3.63, 3.8) is 0 Å². The van der Waals surface area contributed by atoms with Crippen molar-refractivity contribution in [1.82, 2.24) is 4.90 Å². The summed E-state index contributed by atoms with van der Waals surface area (Å²) in [4.78, 5) is 2.21. The molecule has 2 rings (SSSR count). The van der Waals surface area contributed by atoms with E-state index >= 15 is 0 Å². The molecule has 118 valence electrons. The summed E-state index contributed by atoms with van der Waals surface area (Å²) in [5, 5.41) is 0. The summed E-state index contributed by atoms with van der Waals surface area (Å²) in [6.07, 6.45) is 4.65. The summed E-state index contributed by atoms with van der Waals surface area (Å²) in [6, 6.07) is 6.21. The van der Waals surface area contributed by atoms with Crippen LogP contribution in [-0.4, -0.2) is 52.0 Å². The predicted octanol–water partition coefficient (Wildman–Crippen LogP) is 2.75. The Balaban J connectivity index is 1.92. The van der Waals surface area contributed by atoms with Crippen LogP contribution in [0.5, 0.6) is 11.5 Å². The van der Waals surface area contributed by atoms with E-state index in [1.807, 2.05) is 6.07 Å². The van der Waals surface area contributed by atoms with Crippen LogP contribution in [-0.2, 0) is 11.2 Å². The molecule has 1 saturated heterocycles. The number of rotatable bonds is 8. The zero-order valence-corrected chi connectivity index (χ0v) is 13.4. The molecule has 4 nitrogen and oxygen atoms in total. The van der Waals surface area contributed by atoms with Gasteiger partial charge < -0.3 is 19.1 Å². The number of aryl methyl sites for hydroxylation is 1. The monoisotopic (exact) mass is 293 g/mol. The van der Waals surface area contributed by atoms with Crippen molar-refractivity contribution in [2.75, 3.05) is 41.0 Å². The molecule has 1 aromatic carbocycles. The Morgan fingerprint density at radius 2 is 2.14 bits per heavy atom. The summed E-state index contributed by atoms with van der Waals surface area (Å²) >= 11 is 0. The highest BCUT2D eigenvalue weighted by molar-refractivity contribution is 5.43. The number of methoxy groups -OCH3 is 1. The van der Waals surface area contributed by atoms with Crippen LogP contribution in [0.25, 0.3) is 0 Å². The van der Waals surface area contributed by atoms with Crippen LogP contribution in [0.15, 0.2) is 18.2 Å². The van der Waals surface area contributed by atoms with Gasteiger partial charge in [0.1, 0.15) is 6.61 Å². The van der Waals surface area contributed by atoms with Gasteiger partial charge in [0.15, 0.2) is 11.5 Å². The van der Waals surface area contributed by atoms with Crippen molar-refractivity contribution in [3.05, 3.63) is 23.8 Å². The Labute approximate surface area is 128 Å². The lowest BCUT2D eigenvalue weighted by Gasteiger charge is -2.15. The van der Waals surface area contributed by atoms with E-state index < -0.39 is 0 Å². The largest absolute Gasteiger partial charge is 0.493 e. The van der Waals surface area contributed by atoms with Crippen LogP contribution in [0, 0.1) is 0 Å². The van der Waals surface area contributed by atoms with Crippen LogP contribution in [0.2, 0.25) is 0 Å². The molecule has 1 aliphatic rings. The number of hydrogen-bond donors (Lipinski definition) is 0. The molecule has 0 saturated carbocycles. The average Bonchev–Trinajstić information content (AvgIpc) is 2.98. The van der Waals surface area contributed by atoms with Crippen LogP contribution in [0.4, 0.5) is 0 Å². The van der Waals surface area contributed by atoms with Crippen molar-refractivity contribution < 1.29 is 14.2 Å². The maximum Gasteiger partial charge on any atom is 0.161 e. The fraction of sp³-hybridized carbons (Fsp3) is 0.647. The molecule has 1 fully saturated rings. The second kappa shape index (κ2) is 8.25. The van der Waals surface area contributed by atoms with Crippen molar-refractivity contribution >= 4 is 0 Å². The summed E-state index contributed by atoms with van der Waals surface area (Å²) in [7, 11) is 5.88. The third-order valence-electron chi connectivity index (χ3n) is 3.75. The maximum atomic E-state index is 5.92. The Bertz CT molecular complexity index is 428. The van der Waals surface area contributed by atoms with E-state index in [1.165, 1.54) is 5.56 Å². The molecule has 0 aromatic heterocycles. The van der Waals surface area contributed by atoms with Gasteiger partial charge in [0.2, 0.25) is 0 Å². The molecular formula is C17H27NO3. The van der Waals surface area contributed by atoms with E-state index in [-0.39, 0.29) is 6.10 Å². The zero-order valence-electron chi connectivity index (χ0n) is 13.4. The predicted molar refractivity (Wildman–Crippen MR) is 84.3 cm³/mol. The van der Waals surface area contributed by atoms with E-state index in [4.69, 9.17) is 14.2 Å². The number of hydrogen-bond acceptors (Lipinski definition) is 4. The standard InChI is InChI=1S/C17H27NO3/c1-18(2)10-4-6-14-8-9-16(19-3)17(12-14)21-13-15-7-5-11-20-15/h8-9,12,15H,4-7,10-11,13H2,1-3H3. The Morgan fingerprint density at radius 3 is 2.81 bits per heavy atom. The highest BCUT2D eigenvalue weighted by Crippen LogP contribution is 2.29. The minimum Gasteiger partial charge on any atom is -0.493 e. The maximum absolute atomic E-state index is 5.92. The summed E-state index contributed by atoms with van der Waals surface area (Å²) in [5.41, 5.74) is 1.29. The van der Waals surface area contributed by atoms with E-state index in [0.717, 1.165) is 50.3 Å².